The molecule has 3 nitrogen and oxygen atoms in total. The lowest BCUT2D eigenvalue weighted by Gasteiger charge is -2.31. The van der Waals surface area contributed by atoms with Crippen molar-refractivity contribution in [2.45, 2.75) is 78.2 Å². The molecule has 1 heterocycles. The third kappa shape index (κ3) is 4.32. The van der Waals surface area contributed by atoms with E-state index >= 15 is 0 Å². The third-order valence-corrected chi connectivity index (χ3v) is 5.42. The first-order valence-electron chi connectivity index (χ1n) is 8.97. The van der Waals surface area contributed by atoms with Crippen LogP contribution in [0, 0.1) is 5.41 Å². The molecule has 0 saturated heterocycles. The Morgan fingerprint density at radius 1 is 1.19 bits per heavy atom. The van der Waals surface area contributed by atoms with Gasteiger partial charge in [-0.05, 0) is 50.1 Å². The molecule has 0 radical (unpaired) electrons. The largest absolute Gasteiger partial charge is 0.316 e. The second-order valence-corrected chi connectivity index (χ2v) is 6.74. The fraction of sp³-hybridized carbons (Fsp3) is 0.833. The molecular weight excluding hydrogens is 258 g/mol. The zero-order chi connectivity index (χ0) is 15.1. The van der Waals surface area contributed by atoms with Crippen LogP contribution in [0.3, 0.4) is 0 Å². The van der Waals surface area contributed by atoms with Gasteiger partial charge in [0.25, 0.3) is 0 Å². The number of hydrogen-bond donors (Lipinski definition) is 1. The van der Waals surface area contributed by atoms with Crippen molar-refractivity contribution in [3.8, 4) is 0 Å². The number of hydrogen-bond acceptors (Lipinski definition) is 2. The molecule has 120 valence electrons. The molecule has 1 saturated carbocycles. The van der Waals surface area contributed by atoms with E-state index in [0.29, 0.717) is 11.5 Å². The molecule has 1 aromatic heterocycles. The summed E-state index contributed by atoms with van der Waals surface area (Å²) in [5.74, 6) is 0. The van der Waals surface area contributed by atoms with Crippen molar-refractivity contribution in [3.63, 3.8) is 0 Å². The Hall–Kier alpha value is -0.830. The SMILES string of the molecule is CCNCC(CC)(CC)Cc1ccn(C2CCCCC2)n1. The molecule has 1 aliphatic carbocycles. The van der Waals surface area contributed by atoms with Crippen LogP contribution in [0.2, 0.25) is 0 Å². The maximum absolute atomic E-state index is 4.91. The molecule has 1 aliphatic rings. The second kappa shape index (κ2) is 7.98. The predicted molar refractivity (Wildman–Crippen MR) is 89.6 cm³/mol. The molecule has 1 N–H and O–H groups in total. The van der Waals surface area contributed by atoms with Crippen molar-refractivity contribution in [2.75, 3.05) is 13.1 Å². The van der Waals surface area contributed by atoms with E-state index in [2.05, 4.69) is 43.0 Å². The maximum atomic E-state index is 4.91. The Morgan fingerprint density at radius 3 is 2.52 bits per heavy atom. The average molecular weight is 291 g/mol. The molecule has 0 atom stereocenters. The third-order valence-electron chi connectivity index (χ3n) is 5.42. The molecule has 1 fully saturated rings. The van der Waals surface area contributed by atoms with E-state index in [1.165, 1.54) is 50.6 Å². The topological polar surface area (TPSA) is 29.9 Å². The van der Waals surface area contributed by atoms with E-state index < -0.39 is 0 Å². The first kappa shape index (κ1) is 16.5. The highest BCUT2D eigenvalue weighted by atomic mass is 15.3. The fourth-order valence-corrected chi connectivity index (χ4v) is 3.61. The van der Waals surface area contributed by atoms with Crippen LogP contribution < -0.4 is 5.32 Å². The zero-order valence-electron chi connectivity index (χ0n) is 14.2. The Labute approximate surface area is 130 Å². The minimum atomic E-state index is 0.363. The van der Waals surface area contributed by atoms with E-state index in [-0.39, 0.29) is 0 Å². The van der Waals surface area contributed by atoms with Crippen molar-refractivity contribution >= 4 is 0 Å². The van der Waals surface area contributed by atoms with Crippen LogP contribution in [0.25, 0.3) is 0 Å². The van der Waals surface area contributed by atoms with Gasteiger partial charge in [-0.25, -0.2) is 0 Å². The summed E-state index contributed by atoms with van der Waals surface area (Å²) in [6.07, 6.45) is 12.5. The Morgan fingerprint density at radius 2 is 1.90 bits per heavy atom. The van der Waals surface area contributed by atoms with Crippen molar-refractivity contribution < 1.29 is 0 Å². The van der Waals surface area contributed by atoms with Gasteiger partial charge in [0.1, 0.15) is 0 Å². The average Bonchev–Trinajstić information content (AvgIpc) is 3.01. The van der Waals surface area contributed by atoms with E-state index in [1.54, 1.807) is 0 Å². The van der Waals surface area contributed by atoms with Gasteiger partial charge in [-0.3, -0.25) is 4.68 Å². The van der Waals surface area contributed by atoms with Gasteiger partial charge in [0.05, 0.1) is 11.7 Å². The summed E-state index contributed by atoms with van der Waals surface area (Å²) in [5.41, 5.74) is 1.64. The summed E-state index contributed by atoms with van der Waals surface area (Å²) >= 11 is 0. The lowest BCUT2D eigenvalue weighted by atomic mass is 9.78. The molecule has 0 aromatic carbocycles. The molecular formula is C18H33N3. The molecule has 0 bridgehead atoms. The molecule has 0 amide bonds. The quantitative estimate of drug-likeness (QED) is 0.772. The van der Waals surface area contributed by atoms with Crippen LogP contribution in [0.5, 0.6) is 0 Å². The van der Waals surface area contributed by atoms with Gasteiger partial charge in [0, 0.05) is 12.7 Å². The van der Waals surface area contributed by atoms with E-state index in [1.807, 2.05) is 0 Å². The second-order valence-electron chi connectivity index (χ2n) is 6.74. The highest BCUT2D eigenvalue weighted by molar-refractivity contribution is 5.04. The minimum absolute atomic E-state index is 0.363. The van der Waals surface area contributed by atoms with Crippen LogP contribution in [-0.4, -0.2) is 22.9 Å². The van der Waals surface area contributed by atoms with Gasteiger partial charge in [-0.1, -0.05) is 40.0 Å². The molecule has 0 unspecified atom stereocenters. The van der Waals surface area contributed by atoms with E-state index in [4.69, 9.17) is 5.10 Å². The van der Waals surface area contributed by atoms with Crippen molar-refractivity contribution in [2.24, 2.45) is 5.41 Å². The molecule has 0 spiro atoms. The first-order chi connectivity index (χ1) is 10.2. The van der Waals surface area contributed by atoms with Crippen LogP contribution in [0.15, 0.2) is 12.3 Å². The number of nitrogens with one attached hydrogen (secondary N) is 1. The molecule has 21 heavy (non-hydrogen) atoms. The van der Waals surface area contributed by atoms with E-state index in [0.717, 1.165) is 19.5 Å². The highest BCUT2D eigenvalue weighted by Crippen LogP contribution is 2.31. The summed E-state index contributed by atoms with van der Waals surface area (Å²) in [6, 6.07) is 2.90. The summed E-state index contributed by atoms with van der Waals surface area (Å²) in [7, 11) is 0. The monoisotopic (exact) mass is 291 g/mol. The Bertz CT molecular complexity index is 400. The normalized spacial score (nSPS) is 17.3. The Balaban J connectivity index is 2.01. The molecule has 2 rings (SSSR count). The maximum Gasteiger partial charge on any atom is 0.0630 e. The lowest BCUT2D eigenvalue weighted by molar-refractivity contribution is 0.244. The highest BCUT2D eigenvalue weighted by Gasteiger charge is 2.27. The lowest BCUT2D eigenvalue weighted by Crippen LogP contribution is -2.35. The van der Waals surface area contributed by atoms with Crippen LogP contribution in [-0.2, 0) is 6.42 Å². The molecule has 0 aliphatic heterocycles. The van der Waals surface area contributed by atoms with Crippen molar-refractivity contribution in [1.82, 2.24) is 15.1 Å². The standard InChI is InChI=1S/C18H33N3/c1-4-18(5-2,15-19-6-3)14-16-12-13-21(20-16)17-10-8-7-9-11-17/h12-13,17,19H,4-11,14-15H2,1-3H3. The van der Waals surface area contributed by atoms with Gasteiger partial charge in [0.15, 0.2) is 0 Å². The smallest absolute Gasteiger partial charge is 0.0630 e. The van der Waals surface area contributed by atoms with Gasteiger partial charge < -0.3 is 5.32 Å². The fourth-order valence-electron chi connectivity index (χ4n) is 3.61. The van der Waals surface area contributed by atoms with Gasteiger partial charge in [0.2, 0.25) is 0 Å². The summed E-state index contributed by atoms with van der Waals surface area (Å²) < 4.78 is 2.25. The number of rotatable bonds is 8. The molecule has 1 aromatic rings. The summed E-state index contributed by atoms with van der Waals surface area (Å²) in [4.78, 5) is 0. The van der Waals surface area contributed by atoms with Crippen molar-refractivity contribution in [3.05, 3.63) is 18.0 Å². The summed E-state index contributed by atoms with van der Waals surface area (Å²) in [5, 5.41) is 8.46. The molecule has 3 heteroatoms. The number of nitrogens with zero attached hydrogens (tertiary/aromatic N) is 2. The van der Waals surface area contributed by atoms with Gasteiger partial charge in [-0.15, -0.1) is 0 Å². The van der Waals surface area contributed by atoms with Crippen LogP contribution in [0.1, 0.15) is 77.5 Å². The van der Waals surface area contributed by atoms with Gasteiger partial charge in [-0.2, -0.15) is 5.10 Å². The minimum Gasteiger partial charge on any atom is -0.316 e. The Kier molecular flexibility index (Phi) is 6.28. The number of aromatic nitrogens is 2. The zero-order valence-corrected chi connectivity index (χ0v) is 14.2. The van der Waals surface area contributed by atoms with Crippen LogP contribution >= 0.6 is 0 Å². The van der Waals surface area contributed by atoms with Crippen LogP contribution in [0.4, 0.5) is 0 Å². The first-order valence-corrected chi connectivity index (χ1v) is 8.97. The van der Waals surface area contributed by atoms with E-state index in [9.17, 15) is 0 Å². The predicted octanol–water partition coefficient (Wildman–Crippen LogP) is 4.35. The van der Waals surface area contributed by atoms with Gasteiger partial charge >= 0.3 is 0 Å². The van der Waals surface area contributed by atoms with Crippen molar-refractivity contribution in [1.29, 1.82) is 0 Å². The summed E-state index contributed by atoms with van der Waals surface area (Å²) in [6.45, 7) is 8.98.